The highest BCUT2D eigenvalue weighted by molar-refractivity contribution is 6.05. The summed E-state index contributed by atoms with van der Waals surface area (Å²) in [5.74, 6) is -2.39. The topological polar surface area (TPSA) is 55.1 Å². The van der Waals surface area contributed by atoms with Crippen LogP contribution in [0.1, 0.15) is 21.8 Å². The van der Waals surface area contributed by atoms with Crippen LogP contribution >= 0.6 is 0 Å². The van der Waals surface area contributed by atoms with Crippen molar-refractivity contribution in [1.29, 1.82) is 0 Å². The van der Waals surface area contributed by atoms with E-state index in [0.29, 0.717) is 11.5 Å². The lowest BCUT2D eigenvalue weighted by molar-refractivity contribution is 0.102. The number of anilines is 1. The van der Waals surface area contributed by atoms with Gasteiger partial charge >= 0.3 is 0 Å². The van der Waals surface area contributed by atoms with E-state index in [-0.39, 0.29) is 11.3 Å². The average molecular weight is 252 g/mol. The van der Waals surface area contributed by atoms with E-state index in [0.717, 1.165) is 6.07 Å². The molecule has 1 aromatic carbocycles. The molecular formula is C12H10F2N2O2. The molecule has 1 heterocycles. The maximum absolute atomic E-state index is 13.4. The molecule has 1 aromatic heterocycles. The van der Waals surface area contributed by atoms with Crippen molar-refractivity contribution in [2.75, 3.05) is 5.32 Å². The molecule has 94 valence electrons. The van der Waals surface area contributed by atoms with E-state index in [1.807, 2.05) is 0 Å². The quantitative estimate of drug-likeness (QED) is 0.894. The molecule has 2 aromatic rings. The zero-order valence-corrected chi connectivity index (χ0v) is 9.75. The zero-order chi connectivity index (χ0) is 13.3. The molecule has 0 atom stereocenters. The van der Waals surface area contributed by atoms with E-state index < -0.39 is 17.5 Å². The van der Waals surface area contributed by atoms with Crippen LogP contribution < -0.4 is 5.32 Å². The lowest BCUT2D eigenvalue weighted by atomic mass is 10.2. The number of nitrogens with one attached hydrogen (secondary N) is 1. The maximum atomic E-state index is 13.4. The highest BCUT2D eigenvalue weighted by Gasteiger charge is 2.19. The van der Waals surface area contributed by atoms with Crippen molar-refractivity contribution >= 4 is 11.6 Å². The molecule has 0 aliphatic heterocycles. The Bertz CT molecular complexity index is 589. The molecule has 0 fully saturated rings. The van der Waals surface area contributed by atoms with Crippen molar-refractivity contribution in [2.45, 2.75) is 13.8 Å². The highest BCUT2D eigenvalue weighted by Crippen LogP contribution is 2.19. The van der Waals surface area contributed by atoms with Crippen LogP contribution in [0.15, 0.2) is 22.7 Å². The zero-order valence-electron chi connectivity index (χ0n) is 9.75. The molecule has 0 saturated heterocycles. The first-order valence-electron chi connectivity index (χ1n) is 5.19. The minimum absolute atomic E-state index is 0.221. The van der Waals surface area contributed by atoms with Crippen LogP contribution in [0.25, 0.3) is 0 Å². The van der Waals surface area contributed by atoms with Gasteiger partial charge in [-0.1, -0.05) is 11.2 Å². The van der Waals surface area contributed by atoms with Crippen LogP contribution in [-0.2, 0) is 0 Å². The Balaban J connectivity index is 2.30. The number of carbonyl (C=O) groups is 1. The molecule has 0 unspecified atom stereocenters. The van der Waals surface area contributed by atoms with Gasteiger partial charge in [-0.3, -0.25) is 4.79 Å². The first-order valence-corrected chi connectivity index (χ1v) is 5.19. The first kappa shape index (κ1) is 12.2. The molecule has 18 heavy (non-hydrogen) atoms. The average Bonchev–Trinajstić information content (AvgIpc) is 2.65. The van der Waals surface area contributed by atoms with Crippen molar-refractivity contribution in [3.8, 4) is 0 Å². The summed E-state index contributed by atoms with van der Waals surface area (Å²) in [5.41, 5.74) is 0.389. The standard InChI is InChI=1S/C12H10F2N2O2/c1-6-10(7(2)18-16-6)12(17)15-9-5-3-4-8(13)11(9)14/h3-5H,1-2H3,(H,15,17). The van der Waals surface area contributed by atoms with Crippen molar-refractivity contribution in [3.05, 3.63) is 46.9 Å². The number of hydrogen-bond donors (Lipinski definition) is 1. The number of amides is 1. The van der Waals surface area contributed by atoms with Crippen LogP contribution in [0.3, 0.4) is 0 Å². The molecule has 6 heteroatoms. The summed E-state index contributed by atoms with van der Waals surface area (Å²) in [4.78, 5) is 11.9. The third kappa shape index (κ3) is 2.09. The van der Waals surface area contributed by atoms with Gasteiger partial charge in [0.25, 0.3) is 5.91 Å². The van der Waals surface area contributed by atoms with Crippen molar-refractivity contribution in [2.24, 2.45) is 0 Å². The number of benzene rings is 1. The number of rotatable bonds is 2. The predicted molar refractivity (Wildman–Crippen MR) is 60.3 cm³/mol. The van der Waals surface area contributed by atoms with Gasteiger partial charge in [-0.2, -0.15) is 0 Å². The van der Waals surface area contributed by atoms with Gasteiger partial charge in [-0.05, 0) is 26.0 Å². The van der Waals surface area contributed by atoms with Crippen LogP contribution in [0.4, 0.5) is 14.5 Å². The SMILES string of the molecule is Cc1noc(C)c1C(=O)Nc1cccc(F)c1F. The largest absolute Gasteiger partial charge is 0.361 e. The number of carbonyl (C=O) groups excluding carboxylic acids is 1. The van der Waals surface area contributed by atoms with E-state index >= 15 is 0 Å². The van der Waals surface area contributed by atoms with Crippen LogP contribution in [0.5, 0.6) is 0 Å². The van der Waals surface area contributed by atoms with Crippen molar-refractivity contribution in [3.63, 3.8) is 0 Å². The fraction of sp³-hybridized carbons (Fsp3) is 0.167. The minimum Gasteiger partial charge on any atom is -0.361 e. The normalized spacial score (nSPS) is 10.4. The predicted octanol–water partition coefficient (Wildman–Crippen LogP) is 2.82. The molecule has 0 saturated carbocycles. The summed E-state index contributed by atoms with van der Waals surface area (Å²) in [7, 11) is 0. The summed E-state index contributed by atoms with van der Waals surface area (Å²) >= 11 is 0. The Morgan fingerprint density at radius 1 is 1.33 bits per heavy atom. The fourth-order valence-corrected chi connectivity index (χ4v) is 1.59. The van der Waals surface area contributed by atoms with Crippen LogP contribution in [-0.4, -0.2) is 11.1 Å². The smallest absolute Gasteiger partial charge is 0.261 e. The monoisotopic (exact) mass is 252 g/mol. The van der Waals surface area contributed by atoms with Gasteiger partial charge in [-0.15, -0.1) is 0 Å². The van der Waals surface area contributed by atoms with E-state index in [2.05, 4.69) is 10.5 Å². The second kappa shape index (κ2) is 4.56. The van der Waals surface area contributed by atoms with Gasteiger partial charge in [0.1, 0.15) is 11.3 Å². The number of hydrogen-bond acceptors (Lipinski definition) is 3. The van der Waals surface area contributed by atoms with Gasteiger partial charge in [0.2, 0.25) is 0 Å². The molecule has 0 aliphatic rings. The summed E-state index contributed by atoms with van der Waals surface area (Å²) in [6, 6.07) is 3.55. The van der Waals surface area contributed by atoms with E-state index in [1.54, 1.807) is 13.8 Å². The molecular weight excluding hydrogens is 242 g/mol. The summed E-state index contributed by atoms with van der Waals surface area (Å²) in [6.07, 6.45) is 0. The first-order chi connectivity index (χ1) is 8.50. The molecule has 1 N–H and O–H groups in total. The number of nitrogens with zero attached hydrogens (tertiary/aromatic N) is 1. The number of halogens is 2. The maximum Gasteiger partial charge on any atom is 0.261 e. The summed E-state index contributed by atoms with van der Waals surface area (Å²) < 4.78 is 31.2. The van der Waals surface area contributed by atoms with Gasteiger partial charge in [-0.25, -0.2) is 8.78 Å². The molecule has 0 spiro atoms. The van der Waals surface area contributed by atoms with E-state index in [4.69, 9.17) is 4.52 Å². The molecule has 0 aliphatic carbocycles. The van der Waals surface area contributed by atoms with Gasteiger partial charge in [0, 0.05) is 0 Å². The minimum atomic E-state index is -1.10. The summed E-state index contributed by atoms with van der Waals surface area (Å²) in [6.45, 7) is 3.16. The van der Waals surface area contributed by atoms with Gasteiger partial charge in [0.15, 0.2) is 11.6 Å². The Hall–Kier alpha value is -2.24. The Morgan fingerprint density at radius 3 is 2.67 bits per heavy atom. The molecule has 1 amide bonds. The van der Waals surface area contributed by atoms with Gasteiger partial charge < -0.3 is 9.84 Å². The second-order valence-electron chi connectivity index (χ2n) is 3.75. The second-order valence-corrected chi connectivity index (χ2v) is 3.75. The third-order valence-corrected chi connectivity index (χ3v) is 2.46. The Kier molecular flexibility index (Phi) is 3.10. The highest BCUT2D eigenvalue weighted by atomic mass is 19.2. The van der Waals surface area contributed by atoms with Crippen molar-refractivity contribution < 1.29 is 18.1 Å². The van der Waals surface area contributed by atoms with E-state index in [9.17, 15) is 13.6 Å². The van der Waals surface area contributed by atoms with Crippen LogP contribution in [0, 0.1) is 25.5 Å². The summed E-state index contributed by atoms with van der Waals surface area (Å²) in [5, 5.41) is 5.90. The lowest BCUT2D eigenvalue weighted by Crippen LogP contribution is -2.15. The molecule has 4 nitrogen and oxygen atoms in total. The molecule has 0 bridgehead atoms. The Labute approximate surface area is 102 Å². The number of aryl methyl sites for hydroxylation is 2. The van der Waals surface area contributed by atoms with Crippen molar-refractivity contribution in [1.82, 2.24) is 5.16 Å². The molecule has 0 radical (unpaired) electrons. The van der Waals surface area contributed by atoms with E-state index in [1.165, 1.54) is 12.1 Å². The fourth-order valence-electron chi connectivity index (χ4n) is 1.59. The van der Waals surface area contributed by atoms with Gasteiger partial charge in [0.05, 0.1) is 11.4 Å². The Morgan fingerprint density at radius 2 is 2.06 bits per heavy atom. The lowest BCUT2D eigenvalue weighted by Gasteiger charge is -2.06. The number of aromatic nitrogens is 1. The third-order valence-electron chi connectivity index (χ3n) is 2.46. The molecule has 2 rings (SSSR count). The van der Waals surface area contributed by atoms with Crippen LogP contribution in [0.2, 0.25) is 0 Å².